The standard InChI is InChI=1S/C14H15NO2/c1-3-4-13(16)11-6-5-10-7-8-15(2)14(17)12(10)9-11/h5-9H,3-4H2,1-2H3. The second-order valence-corrected chi connectivity index (χ2v) is 4.21. The average molecular weight is 229 g/mol. The molecule has 0 radical (unpaired) electrons. The van der Waals surface area contributed by atoms with Crippen molar-refractivity contribution in [1.29, 1.82) is 0 Å². The molecule has 0 aliphatic rings. The SMILES string of the molecule is CCCC(=O)c1ccc2ccn(C)c(=O)c2c1. The van der Waals surface area contributed by atoms with E-state index >= 15 is 0 Å². The van der Waals surface area contributed by atoms with Crippen molar-refractivity contribution in [2.45, 2.75) is 19.8 Å². The van der Waals surface area contributed by atoms with Crippen LogP contribution in [0.1, 0.15) is 30.1 Å². The van der Waals surface area contributed by atoms with E-state index in [-0.39, 0.29) is 11.3 Å². The van der Waals surface area contributed by atoms with Gasteiger partial charge in [0.05, 0.1) is 0 Å². The number of carbonyl (C=O) groups excluding carboxylic acids is 1. The third kappa shape index (κ3) is 2.13. The van der Waals surface area contributed by atoms with Crippen LogP contribution in [0.5, 0.6) is 0 Å². The van der Waals surface area contributed by atoms with E-state index in [1.807, 2.05) is 19.1 Å². The van der Waals surface area contributed by atoms with Gasteiger partial charge in [0.15, 0.2) is 5.78 Å². The first-order valence-electron chi connectivity index (χ1n) is 5.76. The number of Topliss-reactive ketones (excluding diaryl/α,β-unsaturated/α-hetero) is 1. The molecule has 0 atom stereocenters. The van der Waals surface area contributed by atoms with Crippen LogP contribution in [0.15, 0.2) is 35.3 Å². The van der Waals surface area contributed by atoms with Gasteiger partial charge in [0.2, 0.25) is 0 Å². The van der Waals surface area contributed by atoms with Crippen LogP contribution >= 0.6 is 0 Å². The molecule has 0 saturated carbocycles. The van der Waals surface area contributed by atoms with Crippen LogP contribution in [-0.4, -0.2) is 10.4 Å². The number of hydrogen-bond acceptors (Lipinski definition) is 2. The number of nitrogens with zero attached hydrogens (tertiary/aromatic N) is 1. The number of pyridine rings is 1. The minimum atomic E-state index is -0.0614. The van der Waals surface area contributed by atoms with E-state index in [0.717, 1.165) is 11.8 Å². The highest BCUT2D eigenvalue weighted by Crippen LogP contribution is 2.14. The number of fused-ring (bicyclic) bond motifs is 1. The molecule has 0 spiro atoms. The van der Waals surface area contributed by atoms with Gasteiger partial charge in [-0.3, -0.25) is 9.59 Å². The van der Waals surface area contributed by atoms with Crippen LogP contribution < -0.4 is 5.56 Å². The van der Waals surface area contributed by atoms with Crippen molar-refractivity contribution in [1.82, 2.24) is 4.57 Å². The largest absolute Gasteiger partial charge is 0.318 e. The molecule has 17 heavy (non-hydrogen) atoms. The molecule has 0 bridgehead atoms. The lowest BCUT2D eigenvalue weighted by molar-refractivity contribution is 0.0982. The molecular weight excluding hydrogens is 214 g/mol. The summed E-state index contributed by atoms with van der Waals surface area (Å²) in [4.78, 5) is 23.7. The number of ketones is 1. The first-order valence-corrected chi connectivity index (χ1v) is 5.76. The van der Waals surface area contributed by atoms with Gasteiger partial charge in [0.1, 0.15) is 0 Å². The molecule has 0 unspecified atom stereocenters. The summed E-state index contributed by atoms with van der Waals surface area (Å²) in [5.74, 6) is 0.0975. The van der Waals surface area contributed by atoms with Gasteiger partial charge >= 0.3 is 0 Å². The Labute approximate surface area is 99.7 Å². The highest BCUT2D eigenvalue weighted by Gasteiger charge is 2.07. The van der Waals surface area contributed by atoms with Gasteiger partial charge in [-0.15, -0.1) is 0 Å². The van der Waals surface area contributed by atoms with Gasteiger partial charge < -0.3 is 4.57 Å². The molecule has 0 fully saturated rings. The molecule has 0 aliphatic heterocycles. The third-order valence-corrected chi connectivity index (χ3v) is 2.88. The fourth-order valence-electron chi connectivity index (χ4n) is 1.88. The number of aromatic nitrogens is 1. The van der Waals surface area contributed by atoms with Crippen LogP contribution in [-0.2, 0) is 7.05 Å². The summed E-state index contributed by atoms with van der Waals surface area (Å²) >= 11 is 0. The number of aryl methyl sites for hydroxylation is 1. The zero-order chi connectivity index (χ0) is 12.4. The molecule has 3 heteroatoms. The highest BCUT2D eigenvalue weighted by atomic mass is 16.1. The first kappa shape index (κ1) is 11.6. The van der Waals surface area contributed by atoms with E-state index in [0.29, 0.717) is 17.4 Å². The molecule has 0 saturated heterocycles. The summed E-state index contributed by atoms with van der Waals surface area (Å²) in [5, 5.41) is 1.48. The third-order valence-electron chi connectivity index (χ3n) is 2.88. The predicted molar refractivity (Wildman–Crippen MR) is 68.4 cm³/mol. The molecule has 1 aromatic carbocycles. The van der Waals surface area contributed by atoms with Crippen LogP contribution in [0.2, 0.25) is 0 Å². The fraction of sp³-hybridized carbons (Fsp3) is 0.286. The monoisotopic (exact) mass is 229 g/mol. The number of hydrogen-bond donors (Lipinski definition) is 0. The van der Waals surface area contributed by atoms with E-state index in [1.54, 1.807) is 25.4 Å². The minimum Gasteiger partial charge on any atom is -0.318 e. The Bertz CT molecular complexity index is 626. The van der Waals surface area contributed by atoms with E-state index in [1.165, 1.54) is 4.57 Å². The van der Waals surface area contributed by atoms with Crippen molar-refractivity contribution >= 4 is 16.6 Å². The lowest BCUT2D eigenvalue weighted by atomic mass is 10.0. The van der Waals surface area contributed by atoms with Crippen molar-refractivity contribution in [2.75, 3.05) is 0 Å². The number of carbonyl (C=O) groups is 1. The first-order chi connectivity index (χ1) is 8.13. The molecule has 88 valence electrons. The Hall–Kier alpha value is -1.90. The second kappa shape index (κ2) is 4.53. The fourth-order valence-corrected chi connectivity index (χ4v) is 1.88. The Morgan fingerprint density at radius 2 is 2.06 bits per heavy atom. The van der Waals surface area contributed by atoms with E-state index in [4.69, 9.17) is 0 Å². The summed E-state index contributed by atoms with van der Waals surface area (Å²) in [7, 11) is 1.71. The zero-order valence-corrected chi connectivity index (χ0v) is 10.1. The van der Waals surface area contributed by atoms with Crippen molar-refractivity contribution in [3.63, 3.8) is 0 Å². The maximum Gasteiger partial charge on any atom is 0.258 e. The van der Waals surface area contributed by atoms with Crippen LogP contribution in [0.3, 0.4) is 0 Å². The lowest BCUT2D eigenvalue weighted by Gasteiger charge is -2.04. The molecule has 0 aliphatic carbocycles. The average Bonchev–Trinajstić information content (AvgIpc) is 2.34. The summed E-state index contributed by atoms with van der Waals surface area (Å²) in [6, 6.07) is 7.21. The Kier molecular flexibility index (Phi) is 3.09. The van der Waals surface area contributed by atoms with E-state index in [2.05, 4.69) is 0 Å². The zero-order valence-electron chi connectivity index (χ0n) is 10.1. The Balaban J connectivity index is 2.60. The normalized spacial score (nSPS) is 10.7. The topological polar surface area (TPSA) is 39.1 Å². The molecule has 3 nitrogen and oxygen atoms in total. The number of benzene rings is 1. The summed E-state index contributed by atoms with van der Waals surface area (Å²) < 4.78 is 1.52. The minimum absolute atomic E-state index is 0.0614. The van der Waals surface area contributed by atoms with Gasteiger partial charge in [-0.25, -0.2) is 0 Å². The second-order valence-electron chi connectivity index (χ2n) is 4.21. The van der Waals surface area contributed by atoms with Crippen LogP contribution in [0, 0.1) is 0 Å². The number of rotatable bonds is 3. The van der Waals surface area contributed by atoms with Crippen LogP contribution in [0.25, 0.3) is 10.8 Å². The van der Waals surface area contributed by atoms with Gasteiger partial charge in [-0.05, 0) is 23.9 Å². The lowest BCUT2D eigenvalue weighted by Crippen LogP contribution is -2.15. The van der Waals surface area contributed by atoms with Crippen molar-refractivity contribution in [3.8, 4) is 0 Å². The Morgan fingerprint density at radius 1 is 1.29 bits per heavy atom. The van der Waals surface area contributed by atoms with Crippen molar-refractivity contribution < 1.29 is 4.79 Å². The van der Waals surface area contributed by atoms with E-state index in [9.17, 15) is 9.59 Å². The molecule has 2 aromatic rings. The Morgan fingerprint density at radius 3 is 2.76 bits per heavy atom. The van der Waals surface area contributed by atoms with Gasteiger partial charge in [-0.2, -0.15) is 0 Å². The van der Waals surface area contributed by atoms with Crippen molar-refractivity contribution in [2.24, 2.45) is 7.05 Å². The summed E-state index contributed by atoms with van der Waals surface area (Å²) in [6.07, 6.45) is 3.08. The molecular formula is C14H15NO2. The van der Waals surface area contributed by atoms with Crippen molar-refractivity contribution in [3.05, 3.63) is 46.4 Å². The predicted octanol–water partition coefficient (Wildman–Crippen LogP) is 2.52. The van der Waals surface area contributed by atoms with Crippen LogP contribution in [0.4, 0.5) is 0 Å². The highest BCUT2D eigenvalue weighted by molar-refractivity contribution is 5.99. The van der Waals surface area contributed by atoms with E-state index < -0.39 is 0 Å². The van der Waals surface area contributed by atoms with Gasteiger partial charge in [-0.1, -0.05) is 19.1 Å². The molecule has 1 heterocycles. The molecule has 0 amide bonds. The summed E-state index contributed by atoms with van der Waals surface area (Å²) in [5.41, 5.74) is 0.566. The van der Waals surface area contributed by atoms with Gasteiger partial charge in [0, 0.05) is 30.6 Å². The smallest absolute Gasteiger partial charge is 0.258 e. The summed E-state index contributed by atoms with van der Waals surface area (Å²) in [6.45, 7) is 1.97. The maximum atomic E-state index is 11.9. The molecule has 2 rings (SSSR count). The maximum absolute atomic E-state index is 11.9. The molecule has 1 aromatic heterocycles. The quantitative estimate of drug-likeness (QED) is 0.759. The molecule has 0 N–H and O–H groups in total. The van der Waals surface area contributed by atoms with Gasteiger partial charge in [0.25, 0.3) is 5.56 Å².